The summed E-state index contributed by atoms with van der Waals surface area (Å²) in [6, 6.07) is 170. The predicted octanol–water partition coefficient (Wildman–Crippen LogP) is 16.0. The van der Waals surface area contributed by atoms with E-state index in [4.69, 9.17) is 0 Å². The quantitative estimate of drug-likeness (QED) is 0.0706. The molecule has 0 N–H and O–H groups in total. The van der Waals surface area contributed by atoms with Crippen LogP contribution in [0.5, 0.6) is 0 Å². The van der Waals surface area contributed by atoms with Crippen molar-refractivity contribution < 1.29 is 0 Å². The Balaban J connectivity index is 0.947. The summed E-state index contributed by atoms with van der Waals surface area (Å²) in [5.74, 6) is 0. The summed E-state index contributed by atoms with van der Waals surface area (Å²) in [4.78, 5) is 5.39. The smallest absolute Gasteiger partial charge is 0.252 e. The molecule has 17 aromatic carbocycles. The van der Waals surface area contributed by atoms with Crippen LogP contribution in [-0.4, -0.2) is 35.5 Å². The van der Waals surface area contributed by atoms with Gasteiger partial charge in [0.05, 0.1) is 16.7 Å². The van der Waals surface area contributed by atoms with Gasteiger partial charge in [0.15, 0.2) is 24.2 Å². The van der Waals surface area contributed by atoms with Crippen LogP contribution in [-0.2, 0) is 5.41 Å². The second-order valence-corrected chi connectivity index (χ2v) is 42.8. The van der Waals surface area contributed by atoms with Crippen molar-refractivity contribution in [2.75, 3.05) is 9.80 Å². The Morgan fingerprint density at radius 3 is 0.903 bits per heavy atom. The van der Waals surface area contributed by atoms with Gasteiger partial charge in [-0.25, -0.2) is 0 Å². The molecule has 3 nitrogen and oxygen atoms in total. The van der Waals surface area contributed by atoms with Gasteiger partial charge >= 0.3 is 0 Å². The van der Waals surface area contributed by atoms with Crippen molar-refractivity contribution in [1.29, 1.82) is 0 Å². The SMILES string of the molecule is CC(C)(C)c1ccc(-c2ccc3c(c2)B2c4ccc([Si](c5ccccc5)(c5ccccc5)c5ccccc5)cc4N(c4cccc([Si](c5ccccc5)(c5ccccc5)c5ccccc5)c4)c4cc(-n5c6ccccc6c6ccccc65)cc(c42)N3c2cccc([Si](c3ccccc3)(c3ccccc3)c3ccccc3)c2)cc1. The molecule has 0 spiro atoms. The molecular weight excluding hydrogens is 1410 g/mol. The number of benzene rings is 17. The molecule has 7 heteroatoms. The van der Waals surface area contributed by atoms with Crippen LogP contribution in [0.2, 0.25) is 0 Å². The Morgan fingerprint density at radius 1 is 0.221 bits per heavy atom. The van der Waals surface area contributed by atoms with Crippen LogP contribution in [0.25, 0.3) is 38.6 Å². The Bertz CT molecular complexity index is 6180. The van der Waals surface area contributed by atoms with E-state index in [1.165, 1.54) is 106 Å². The normalized spacial score (nSPS) is 12.7. The molecule has 2 aliphatic heterocycles. The summed E-state index contributed by atoms with van der Waals surface area (Å²) in [6.07, 6.45) is 0. The second kappa shape index (κ2) is 28.3. The van der Waals surface area contributed by atoms with Gasteiger partial charge in [-0.1, -0.05) is 403 Å². The minimum Gasteiger partial charge on any atom is -0.311 e. The van der Waals surface area contributed by atoms with Crippen LogP contribution in [0.4, 0.5) is 34.1 Å². The average Bonchev–Trinajstić information content (AvgIpc) is 1.25. The molecule has 3 heterocycles. The molecule has 20 rings (SSSR count). The molecule has 2 aliphatic rings. The van der Waals surface area contributed by atoms with Crippen molar-refractivity contribution in [1.82, 2.24) is 4.57 Å². The third-order valence-electron chi connectivity index (χ3n) is 24.3. The number of para-hydroxylation sites is 2. The minimum absolute atomic E-state index is 0.0179. The van der Waals surface area contributed by atoms with Crippen molar-refractivity contribution in [2.24, 2.45) is 0 Å². The van der Waals surface area contributed by atoms with Gasteiger partial charge in [-0.05, 0) is 161 Å². The topological polar surface area (TPSA) is 11.4 Å². The highest BCUT2D eigenvalue weighted by Gasteiger charge is 2.49. The Kier molecular flexibility index (Phi) is 17.3. The highest BCUT2D eigenvalue weighted by molar-refractivity contribution is 7.21. The standard InChI is InChI=1S/C106H82BN3Si3/c1-106(2,3)79-66-63-77(64-67-79)78-65-70-101-98(71-78)107-97-69-68-94(113(89-51-25-10-26-52-89,90-53-27-11-28-54-90)91-55-29-12-30-56-91)76-102(97)109(81-38-36-58-93(73-81)112(86-45-19-7-20-46-86,87-47-21-8-22-48-87)88-49-23-9-24-50-88)104-75-82(110-99-61-33-31-59-95(99)96-60-32-34-62-100(96)110)74-103(105(104)107)108(101)80-37-35-57-92(72-80)111(83-39-13-4-14-40-83,84-41-15-5-16-42-84)85-43-17-6-18-44-85/h4-76H,1-3H3. The van der Waals surface area contributed by atoms with Crippen LogP contribution >= 0.6 is 0 Å². The maximum atomic E-state index is 2.72. The number of fused-ring (bicyclic) bond motifs is 7. The third-order valence-corrected chi connectivity index (χ3v) is 38.7. The van der Waals surface area contributed by atoms with E-state index >= 15 is 0 Å². The van der Waals surface area contributed by atoms with Crippen LogP contribution in [0.15, 0.2) is 443 Å². The monoisotopic (exact) mass is 1490 g/mol. The van der Waals surface area contributed by atoms with Gasteiger partial charge in [0.25, 0.3) is 6.71 Å². The average molecular weight is 1490 g/mol. The van der Waals surface area contributed by atoms with Crippen molar-refractivity contribution in [3.8, 4) is 16.8 Å². The molecular formula is C106H82BN3Si3. The van der Waals surface area contributed by atoms with Crippen molar-refractivity contribution in [2.45, 2.75) is 26.2 Å². The van der Waals surface area contributed by atoms with Gasteiger partial charge in [0.2, 0.25) is 0 Å². The lowest BCUT2D eigenvalue weighted by Gasteiger charge is -2.45. The van der Waals surface area contributed by atoms with E-state index in [1.54, 1.807) is 0 Å². The zero-order chi connectivity index (χ0) is 75.7. The Labute approximate surface area is 666 Å². The van der Waals surface area contributed by atoms with Gasteiger partial charge in [0.1, 0.15) is 0 Å². The highest BCUT2D eigenvalue weighted by Crippen LogP contribution is 2.47. The van der Waals surface area contributed by atoms with Crippen LogP contribution < -0.4 is 88.4 Å². The second-order valence-electron chi connectivity index (χ2n) is 31.4. The molecule has 0 bridgehead atoms. The lowest BCUT2D eigenvalue weighted by Crippen LogP contribution is -2.75. The summed E-state index contributed by atoms with van der Waals surface area (Å²) >= 11 is 0. The number of aromatic nitrogens is 1. The van der Waals surface area contributed by atoms with E-state index < -0.39 is 24.2 Å². The van der Waals surface area contributed by atoms with Crippen LogP contribution in [0, 0.1) is 0 Å². The minimum atomic E-state index is -3.22. The van der Waals surface area contributed by atoms with E-state index in [9.17, 15) is 0 Å². The van der Waals surface area contributed by atoms with E-state index in [0.717, 1.165) is 50.8 Å². The maximum Gasteiger partial charge on any atom is 0.252 e. The van der Waals surface area contributed by atoms with E-state index in [1.807, 2.05) is 0 Å². The zero-order valence-electron chi connectivity index (χ0n) is 63.6. The molecule has 0 atom stereocenters. The fourth-order valence-electron chi connectivity index (χ4n) is 19.4. The molecule has 0 fully saturated rings. The molecule has 18 aromatic rings. The van der Waals surface area contributed by atoms with E-state index in [-0.39, 0.29) is 12.1 Å². The molecule has 1 aromatic heterocycles. The van der Waals surface area contributed by atoms with E-state index in [0.29, 0.717) is 0 Å². The third kappa shape index (κ3) is 11.3. The Hall–Kier alpha value is -13.1. The fraction of sp³-hybridized carbons (Fsp3) is 0.0377. The molecule has 536 valence electrons. The van der Waals surface area contributed by atoms with E-state index in [2.05, 4.69) is 478 Å². The molecule has 0 amide bonds. The summed E-state index contributed by atoms with van der Waals surface area (Å²) in [7, 11) is -9.50. The van der Waals surface area contributed by atoms with Crippen molar-refractivity contribution in [3.05, 3.63) is 448 Å². The maximum absolute atomic E-state index is 3.22. The zero-order valence-corrected chi connectivity index (χ0v) is 66.6. The first-order valence-corrected chi connectivity index (χ1v) is 45.6. The molecule has 0 saturated carbocycles. The summed E-state index contributed by atoms with van der Waals surface area (Å²) < 4.78 is 2.56. The Morgan fingerprint density at radius 2 is 0.540 bits per heavy atom. The fourth-order valence-corrected chi connectivity index (χ4v) is 33.7. The number of hydrogen-bond donors (Lipinski definition) is 0. The highest BCUT2D eigenvalue weighted by atomic mass is 28.3. The first-order chi connectivity index (χ1) is 55.7. The number of rotatable bonds is 16. The molecule has 0 aliphatic carbocycles. The van der Waals surface area contributed by atoms with Crippen LogP contribution in [0.1, 0.15) is 26.3 Å². The lowest BCUT2D eigenvalue weighted by atomic mass is 9.33. The van der Waals surface area contributed by atoms with Crippen LogP contribution in [0.3, 0.4) is 0 Å². The summed E-state index contributed by atoms with van der Waals surface area (Å²) in [6.45, 7) is 6.66. The van der Waals surface area contributed by atoms with Gasteiger partial charge in [-0.2, -0.15) is 0 Å². The number of hydrogen-bond acceptors (Lipinski definition) is 2. The molecule has 0 radical (unpaired) electrons. The first kappa shape index (κ1) is 69.1. The van der Waals surface area contributed by atoms with Gasteiger partial charge < -0.3 is 14.4 Å². The largest absolute Gasteiger partial charge is 0.311 e. The molecule has 113 heavy (non-hydrogen) atoms. The number of anilines is 6. The lowest BCUT2D eigenvalue weighted by molar-refractivity contribution is 0.590. The first-order valence-electron chi connectivity index (χ1n) is 39.6. The van der Waals surface area contributed by atoms with Gasteiger partial charge in [-0.3, -0.25) is 0 Å². The van der Waals surface area contributed by atoms with Gasteiger partial charge in [-0.15, -0.1) is 0 Å². The molecule has 0 saturated heterocycles. The van der Waals surface area contributed by atoms with Gasteiger partial charge in [0, 0.05) is 44.9 Å². The summed E-state index contributed by atoms with van der Waals surface area (Å²) in [5, 5.41) is 18.2. The van der Waals surface area contributed by atoms with Crippen molar-refractivity contribution in [3.63, 3.8) is 0 Å². The predicted molar refractivity (Wildman–Crippen MR) is 490 cm³/mol. The van der Waals surface area contributed by atoms with Crippen molar-refractivity contribution >= 4 is 165 Å². The number of nitrogens with zero attached hydrogens (tertiary/aromatic N) is 3. The summed E-state index contributed by atoms with van der Waals surface area (Å²) in [5.41, 5.74) is 17.5. The molecule has 0 unspecified atom stereocenters.